The topological polar surface area (TPSA) is 46.9 Å². The zero-order valence-electron chi connectivity index (χ0n) is 15.6. The van der Waals surface area contributed by atoms with Gasteiger partial charge in [-0.05, 0) is 35.2 Å². The van der Waals surface area contributed by atoms with Crippen molar-refractivity contribution in [2.45, 2.75) is 6.54 Å². The summed E-state index contributed by atoms with van der Waals surface area (Å²) in [6.45, 7) is 4.41. The van der Waals surface area contributed by atoms with Crippen LogP contribution in [0, 0.1) is 0 Å². The summed E-state index contributed by atoms with van der Waals surface area (Å²) in [6, 6.07) is 10.2. The van der Waals surface area contributed by atoms with Crippen LogP contribution in [0.5, 0.6) is 11.5 Å². The van der Waals surface area contributed by atoms with Crippen LogP contribution in [0.4, 0.5) is 0 Å². The van der Waals surface area contributed by atoms with E-state index in [2.05, 4.69) is 28.5 Å². The van der Waals surface area contributed by atoms with Gasteiger partial charge in [0, 0.05) is 39.8 Å². The highest BCUT2D eigenvalue weighted by Gasteiger charge is 2.25. The Bertz CT molecular complexity index is 1010. The van der Waals surface area contributed by atoms with Gasteiger partial charge in [0.25, 0.3) is 5.91 Å². The predicted molar refractivity (Wildman–Crippen MR) is 105 cm³/mol. The van der Waals surface area contributed by atoms with Crippen molar-refractivity contribution in [3.05, 3.63) is 47.0 Å². The van der Waals surface area contributed by atoms with Crippen molar-refractivity contribution < 1.29 is 26.7 Å². The molecule has 8 heteroatoms. The third kappa shape index (κ3) is 3.34. The first-order valence-corrected chi connectivity index (χ1v) is 10.00. The van der Waals surface area contributed by atoms with Crippen LogP contribution < -0.4 is 21.9 Å². The smallest absolute Gasteiger partial charge is 0.270 e. The van der Waals surface area contributed by atoms with Crippen molar-refractivity contribution in [3.8, 4) is 11.5 Å². The number of amides is 1. The second-order valence-corrected chi connectivity index (χ2v) is 7.96. The number of benzene rings is 1. The van der Waals surface area contributed by atoms with E-state index in [1.807, 2.05) is 28.6 Å². The van der Waals surface area contributed by atoms with E-state index in [4.69, 9.17) is 9.47 Å². The summed E-state index contributed by atoms with van der Waals surface area (Å²) in [7, 11) is 1.97. The molecule has 0 unspecified atom stereocenters. The van der Waals surface area contributed by atoms with Crippen LogP contribution in [-0.2, 0) is 13.6 Å². The largest absolute Gasteiger partial charge is 1.00 e. The lowest BCUT2D eigenvalue weighted by Crippen LogP contribution is -3.00. The molecule has 1 saturated heterocycles. The normalized spacial score (nSPS) is 16.4. The average Bonchev–Trinajstić information content (AvgIpc) is 3.39. The molecule has 0 radical (unpaired) electrons. The molecule has 0 spiro atoms. The number of thiophene rings is 1. The molecule has 2 aromatic heterocycles. The maximum absolute atomic E-state index is 12.9. The van der Waals surface area contributed by atoms with Crippen LogP contribution >= 0.6 is 11.3 Å². The van der Waals surface area contributed by atoms with E-state index in [-0.39, 0.29) is 18.3 Å². The number of hydrogen-bond donors (Lipinski definition) is 0. The van der Waals surface area contributed by atoms with E-state index in [0.717, 1.165) is 55.4 Å². The predicted octanol–water partition coefficient (Wildman–Crippen LogP) is -0.0695. The van der Waals surface area contributed by atoms with Gasteiger partial charge in [-0.15, -0.1) is 11.3 Å². The Morgan fingerprint density at radius 1 is 1.07 bits per heavy atom. The fraction of sp³-hybridized carbons (Fsp3) is 0.350. The molecule has 0 bridgehead atoms. The van der Waals surface area contributed by atoms with Gasteiger partial charge in [0.05, 0.1) is 10.2 Å². The third-order valence-electron chi connectivity index (χ3n) is 5.39. The number of aryl methyl sites for hydroxylation is 1. The first-order chi connectivity index (χ1) is 13.2. The van der Waals surface area contributed by atoms with E-state index < -0.39 is 0 Å². The number of carbonyl (C=O) groups excluding carboxylic acids is 1. The van der Waals surface area contributed by atoms with E-state index in [9.17, 15) is 4.79 Å². The highest BCUT2D eigenvalue weighted by atomic mass is 35.5. The number of carbonyl (C=O) groups is 1. The second-order valence-electron chi connectivity index (χ2n) is 7.01. The van der Waals surface area contributed by atoms with Crippen LogP contribution in [0.1, 0.15) is 16.1 Å². The van der Waals surface area contributed by atoms with Crippen LogP contribution in [0.15, 0.2) is 35.7 Å². The number of ether oxygens (including phenoxy) is 2. The van der Waals surface area contributed by atoms with Crippen molar-refractivity contribution in [2.24, 2.45) is 7.05 Å². The van der Waals surface area contributed by atoms with Gasteiger partial charge in [-0.25, -0.2) is 0 Å². The summed E-state index contributed by atoms with van der Waals surface area (Å²) in [5, 5.41) is 2.06. The fourth-order valence-corrected chi connectivity index (χ4v) is 4.67. The van der Waals surface area contributed by atoms with E-state index in [1.54, 1.807) is 11.3 Å². The van der Waals surface area contributed by atoms with Gasteiger partial charge < -0.3 is 31.3 Å². The van der Waals surface area contributed by atoms with E-state index in [1.165, 1.54) is 10.3 Å². The number of hydrogen-bond acceptors (Lipinski definition) is 5. The molecule has 1 aromatic carbocycles. The molecule has 28 heavy (non-hydrogen) atoms. The number of nitrogens with zero attached hydrogens (tertiary/aromatic N) is 3. The zero-order chi connectivity index (χ0) is 18.4. The molecule has 4 heterocycles. The molecule has 0 N–H and O–H groups in total. The summed E-state index contributed by atoms with van der Waals surface area (Å²) in [6.07, 6.45) is 0. The molecule has 3 aromatic rings. The molecule has 5 rings (SSSR count). The van der Waals surface area contributed by atoms with Crippen LogP contribution in [0.3, 0.4) is 0 Å². The van der Waals surface area contributed by atoms with Gasteiger partial charge in [-0.2, -0.15) is 0 Å². The first-order valence-electron chi connectivity index (χ1n) is 9.12. The Hall–Kier alpha value is -2.22. The van der Waals surface area contributed by atoms with Crippen molar-refractivity contribution in [2.75, 3.05) is 33.0 Å². The molecule has 1 amide bonds. The van der Waals surface area contributed by atoms with Crippen LogP contribution in [0.25, 0.3) is 10.2 Å². The van der Waals surface area contributed by atoms with Crippen LogP contribution in [-0.4, -0.2) is 53.2 Å². The summed E-state index contributed by atoms with van der Waals surface area (Å²) in [5.74, 6) is 1.77. The van der Waals surface area contributed by atoms with Crippen molar-refractivity contribution in [1.29, 1.82) is 0 Å². The number of fused-ring (bicyclic) bond motifs is 2. The zero-order valence-corrected chi connectivity index (χ0v) is 17.1. The van der Waals surface area contributed by atoms with Gasteiger partial charge in [-0.1, -0.05) is 6.07 Å². The molecule has 2 aliphatic heterocycles. The molecule has 6 nitrogen and oxygen atoms in total. The minimum absolute atomic E-state index is 0. The lowest BCUT2D eigenvalue weighted by molar-refractivity contribution is -0.0000179. The van der Waals surface area contributed by atoms with Crippen molar-refractivity contribution in [3.63, 3.8) is 0 Å². The van der Waals surface area contributed by atoms with E-state index in [0.29, 0.717) is 6.79 Å². The number of aromatic nitrogens is 1. The summed E-state index contributed by atoms with van der Waals surface area (Å²) in [5.41, 5.74) is 3.12. The molecule has 1 fully saturated rings. The Morgan fingerprint density at radius 3 is 2.64 bits per heavy atom. The molecule has 0 aliphatic carbocycles. The van der Waals surface area contributed by atoms with Gasteiger partial charge in [0.2, 0.25) is 6.79 Å². The maximum atomic E-state index is 12.9. The highest BCUT2D eigenvalue weighted by molar-refractivity contribution is 7.17. The van der Waals surface area contributed by atoms with Gasteiger partial charge in [-0.3, -0.25) is 9.69 Å². The van der Waals surface area contributed by atoms with Crippen LogP contribution in [0.2, 0.25) is 0 Å². The summed E-state index contributed by atoms with van der Waals surface area (Å²) >= 11 is 1.68. The monoisotopic (exact) mass is 418 g/mol. The molecular weight excluding hydrogens is 398 g/mol. The molecule has 148 valence electrons. The lowest BCUT2D eigenvalue weighted by Gasteiger charge is -2.34. The molecule has 0 saturated carbocycles. The van der Waals surface area contributed by atoms with Gasteiger partial charge >= 0.3 is 0 Å². The quantitative estimate of drug-likeness (QED) is 0.597. The minimum atomic E-state index is 0. The van der Waals surface area contributed by atoms with Gasteiger partial charge in [0.15, 0.2) is 11.5 Å². The van der Waals surface area contributed by atoms with Gasteiger partial charge in [0.1, 0.15) is 5.69 Å². The summed E-state index contributed by atoms with van der Waals surface area (Å²) < 4.78 is 14.0. The second kappa shape index (κ2) is 7.66. The van der Waals surface area contributed by atoms with Crippen molar-refractivity contribution >= 4 is 27.5 Å². The summed E-state index contributed by atoms with van der Waals surface area (Å²) in [4.78, 5) is 17.3. The Balaban J connectivity index is 0.00000192. The average molecular weight is 419 g/mol. The first kappa shape index (κ1) is 19.1. The molecular formula is C20H21ClN3O3S-. The number of piperazine rings is 1. The number of halogens is 1. The molecule has 0 atom stereocenters. The lowest BCUT2D eigenvalue weighted by atomic mass is 10.1. The Labute approximate surface area is 173 Å². The number of rotatable bonds is 3. The Kier molecular flexibility index (Phi) is 5.23. The third-order valence-corrected chi connectivity index (χ3v) is 6.24. The SMILES string of the molecule is Cn1c(C(=O)N2CCN(Cc3ccc4c(c3)OCO4)CC2)cc2sccc21.[Cl-]. The minimum Gasteiger partial charge on any atom is -1.00 e. The van der Waals surface area contributed by atoms with E-state index >= 15 is 0 Å². The standard InChI is InChI=1S/C20H21N3O3S.ClH/c1-21-15-4-9-27-19(15)11-16(21)20(24)23-7-5-22(6-8-23)12-14-2-3-17-18(10-14)26-13-25-17;/h2-4,9-11H,5-8,12-13H2,1H3;1H/p-1. The van der Waals surface area contributed by atoms with Crippen molar-refractivity contribution in [1.82, 2.24) is 14.4 Å². The Morgan fingerprint density at radius 2 is 1.86 bits per heavy atom. The molecule has 2 aliphatic rings. The fourth-order valence-electron chi connectivity index (χ4n) is 3.82. The highest BCUT2D eigenvalue weighted by Crippen LogP contribution is 2.33. The maximum Gasteiger partial charge on any atom is 0.270 e.